The van der Waals surface area contributed by atoms with E-state index >= 15 is 0 Å². The van der Waals surface area contributed by atoms with Gasteiger partial charge in [0.1, 0.15) is 0 Å². The predicted octanol–water partition coefficient (Wildman–Crippen LogP) is 2.58. The summed E-state index contributed by atoms with van der Waals surface area (Å²) < 4.78 is 5.41. The van der Waals surface area contributed by atoms with Crippen molar-refractivity contribution < 1.29 is 4.74 Å². The van der Waals surface area contributed by atoms with Crippen LogP contribution in [0.4, 0.5) is 0 Å². The van der Waals surface area contributed by atoms with E-state index in [0.29, 0.717) is 0 Å². The van der Waals surface area contributed by atoms with E-state index in [0.717, 1.165) is 31.1 Å². The fraction of sp³-hybridized carbons (Fsp3) is 1.00. The molecule has 0 aromatic heterocycles. The molecule has 1 saturated carbocycles. The summed E-state index contributed by atoms with van der Waals surface area (Å²) in [6.07, 6.45) is 8.35. The first kappa shape index (κ1) is 11.4. The first-order valence-electron chi connectivity index (χ1n) is 6.67. The summed E-state index contributed by atoms with van der Waals surface area (Å²) in [7, 11) is 0. The van der Waals surface area contributed by atoms with Gasteiger partial charge in [0.05, 0.1) is 6.61 Å². The van der Waals surface area contributed by atoms with Crippen LogP contribution in [0.15, 0.2) is 0 Å². The molecule has 0 aromatic rings. The monoisotopic (exact) mass is 211 g/mol. The van der Waals surface area contributed by atoms with E-state index in [2.05, 4.69) is 12.2 Å². The topological polar surface area (TPSA) is 21.3 Å². The fourth-order valence-corrected chi connectivity index (χ4v) is 2.86. The highest BCUT2D eigenvalue weighted by molar-refractivity contribution is 4.78. The van der Waals surface area contributed by atoms with Crippen LogP contribution in [0.1, 0.15) is 45.4 Å². The van der Waals surface area contributed by atoms with Crippen molar-refractivity contribution >= 4 is 0 Å². The van der Waals surface area contributed by atoms with E-state index in [1.807, 2.05) is 0 Å². The molecule has 88 valence electrons. The largest absolute Gasteiger partial charge is 0.381 e. The van der Waals surface area contributed by atoms with Crippen LogP contribution in [-0.4, -0.2) is 25.8 Å². The highest BCUT2D eigenvalue weighted by Gasteiger charge is 2.22. The number of rotatable bonds is 3. The molecule has 1 aliphatic carbocycles. The lowest BCUT2D eigenvalue weighted by molar-refractivity contribution is 0.183. The van der Waals surface area contributed by atoms with Gasteiger partial charge in [-0.25, -0.2) is 0 Å². The average Bonchev–Trinajstić information content (AvgIpc) is 2.67. The zero-order chi connectivity index (χ0) is 10.5. The SMILES string of the molecule is CC1CCCCCC1NCC1CCOC1. The highest BCUT2D eigenvalue weighted by atomic mass is 16.5. The van der Waals surface area contributed by atoms with Gasteiger partial charge in [-0.1, -0.05) is 26.2 Å². The van der Waals surface area contributed by atoms with Crippen molar-refractivity contribution in [1.82, 2.24) is 5.32 Å². The zero-order valence-electron chi connectivity index (χ0n) is 10.0. The second-order valence-electron chi connectivity index (χ2n) is 5.36. The highest BCUT2D eigenvalue weighted by Crippen LogP contribution is 2.23. The van der Waals surface area contributed by atoms with Gasteiger partial charge < -0.3 is 10.1 Å². The van der Waals surface area contributed by atoms with Gasteiger partial charge >= 0.3 is 0 Å². The molecular formula is C13H25NO. The van der Waals surface area contributed by atoms with E-state index in [1.165, 1.54) is 45.1 Å². The van der Waals surface area contributed by atoms with Crippen LogP contribution < -0.4 is 5.32 Å². The van der Waals surface area contributed by atoms with Crippen molar-refractivity contribution in [2.45, 2.75) is 51.5 Å². The third-order valence-corrected chi connectivity index (χ3v) is 4.05. The molecule has 0 radical (unpaired) electrons. The molecule has 3 unspecified atom stereocenters. The van der Waals surface area contributed by atoms with Crippen LogP contribution in [0.25, 0.3) is 0 Å². The minimum Gasteiger partial charge on any atom is -0.381 e. The molecule has 15 heavy (non-hydrogen) atoms. The van der Waals surface area contributed by atoms with E-state index < -0.39 is 0 Å². The van der Waals surface area contributed by atoms with Crippen molar-refractivity contribution in [3.8, 4) is 0 Å². The van der Waals surface area contributed by atoms with Gasteiger partial charge in [-0.05, 0) is 31.1 Å². The van der Waals surface area contributed by atoms with Crippen LogP contribution in [0.3, 0.4) is 0 Å². The summed E-state index contributed by atoms with van der Waals surface area (Å²) >= 11 is 0. The molecule has 0 aromatic carbocycles. The maximum atomic E-state index is 5.41. The van der Waals surface area contributed by atoms with Crippen molar-refractivity contribution in [2.75, 3.05) is 19.8 Å². The Morgan fingerprint density at radius 3 is 2.80 bits per heavy atom. The van der Waals surface area contributed by atoms with Crippen molar-refractivity contribution in [3.05, 3.63) is 0 Å². The molecule has 2 heteroatoms. The van der Waals surface area contributed by atoms with E-state index in [9.17, 15) is 0 Å². The van der Waals surface area contributed by atoms with Gasteiger partial charge in [0.15, 0.2) is 0 Å². The van der Waals surface area contributed by atoms with Crippen LogP contribution in [0, 0.1) is 11.8 Å². The molecule has 2 rings (SSSR count). The summed E-state index contributed by atoms with van der Waals surface area (Å²) in [6, 6.07) is 0.771. The standard InChI is InChI=1S/C13H25NO/c1-11-5-3-2-4-6-13(11)14-9-12-7-8-15-10-12/h11-14H,2-10H2,1H3. The van der Waals surface area contributed by atoms with Crippen LogP contribution in [0.2, 0.25) is 0 Å². The Bertz CT molecular complexity index is 177. The van der Waals surface area contributed by atoms with Gasteiger partial charge in [0.2, 0.25) is 0 Å². The van der Waals surface area contributed by atoms with Gasteiger partial charge in [0.25, 0.3) is 0 Å². The maximum absolute atomic E-state index is 5.41. The van der Waals surface area contributed by atoms with Crippen molar-refractivity contribution in [3.63, 3.8) is 0 Å². The summed E-state index contributed by atoms with van der Waals surface area (Å²) in [5, 5.41) is 3.77. The molecule has 2 nitrogen and oxygen atoms in total. The lowest BCUT2D eigenvalue weighted by Gasteiger charge is -2.24. The minimum absolute atomic E-state index is 0.771. The van der Waals surface area contributed by atoms with E-state index in [4.69, 9.17) is 4.74 Å². The Hall–Kier alpha value is -0.0800. The smallest absolute Gasteiger partial charge is 0.0507 e. The summed E-state index contributed by atoms with van der Waals surface area (Å²) in [6.45, 7) is 5.55. The molecule has 3 atom stereocenters. The Kier molecular flexibility index (Phi) is 4.45. The Morgan fingerprint density at radius 2 is 2.00 bits per heavy atom. The minimum atomic E-state index is 0.771. The molecule has 0 bridgehead atoms. The second-order valence-corrected chi connectivity index (χ2v) is 5.36. The molecule has 0 amide bonds. The van der Waals surface area contributed by atoms with E-state index in [-0.39, 0.29) is 0 Å². The van der Waals surface area contributed by atoms with Crippen LogP contribution in [0.5, 0.6) is 0 Å². The second kappa shape index (κ2) is 5.86. The Labute approximate surface area is 93.8 Å². The number of ether oxygens (including phenoxy) is 1. The molecule has 2 aliphatic rings. The van der Waals surface area contributed by atoms with Gasteiger partial charge in [-0.15, -0.1) is 0 Å². The first-order valence-corrected chi connectivity index (χ1v) is 6.67. The third kappa shape index (κ3) is 3.46. The molecule has 2 fully saturated rings. The summed E-state index contributed by atoms with van der Waals surface area (Å²) in [5.41, 5.74) is 0. The predicted molar refractivity (Wildman–Crippen MR) is 63.0 cm³/mol. The van der Waals surface area contributed by atoms with E-state index in [1.54, 1.807) is 0 Å². The first-order chi connectivity index (χ1) is 7.36. The van der Waals surface area contributed by atoms with Crippen LogP contribution >= 0.6 is 0 Å². The Balaban J connectivity index is 1.71. The normalized spacial score (nSPS) is 37.8. The van der Waals surface area contributed by atoms with Gasteiger partial charge in [-0.2, -0.15) is 0 Å². The Morgan fingerprint density at radius 1 is 1.13 bits per heavy atom. The number of hydrogen-bond donors (Lipinski definition) is 1. The lowest BCUT2D eigenvalue weighted by Crippen LogP contribution is -2.37. The zero-order valence-corrected chi connectivity index (χ0v) is 10.0. The molecule has 0 spiro atoms. The maximum Gasteiger partial charge on any atom is 0.0507 e. The van der Waals surface area contributed by atoms with Gasteiger partial charge in [0, 0.05) is 19.2 Å². The number of nitrogens with one attached hydrogen (secondary N) is 1. The summed E-state index contributed by atoms with van der Waals surface area (Å²) in [4.78, 5) is 0. The summed E-state index contributed by atoms with van der Waals surface area (Å²) in [5.74, 6) is 1.65. The number of hydrogen-bond acceptors (Lipinski definition) is 2. The average molecular weight is 211 g/mol. The molecule has 1 N–H and O–H groups in total. The van der Waals surface area contributed by atoms with Gasteiger partial charge in [-0.3, -0.25) is 0 Å². The van der Waals surface area contributed by atoms with Crippen molar-refractivity contribution in [2.24, 2.45) is 11.8 Å². The van der Waals surface area contributed by atoms with Crippen molar-refractivity contribution in [1.29, 1.82) is 0 Å². The molecule has 1 saturated heterocycles. The van der Waals surface area contributed by atoms with Crippen LogP contribution in [-0.2, 0) is 4.74 Å². The molecule has 1 heterocycles. The molecule has 1 aliphatic heterocycles. The molecular weight excluding hydrogens is 186 g/mol. The third-order valence-electron chi connectivity index (χ3n) is 4.05. The fourth-order valence-electron chi connectivity index (χ4n) is 2.86. The lowest BCUT2D eigenvalue weighted by atomic mass is 9.96. The quantitative estimate of drug-likeness (QED) is 0.724.